The van der Waals surface area contributed by atoms with Crippen molar-refractivity contribution in [3.05, 3.63) is 62.2 Å². The molecule has 0 atom stereocenters. The number of aromatic nitrogens is 4. The second-order valence-electron chi connectivity index (χ2n) is 6.99. The minimum absolute atomic E-state index is 0.0245. The van der Waals surface area contributed by atoms with E-state index in [4.69, 9.17) is 4.98 Å². The maximum Gasteiger partial charge on any atom is 0.268 e. The number of aromatic amines is 1. The summed E-state index contributed by atoms with van der Waals surface area (Å²) in [5.41, 5.74) is 1.24. The molecule has 0 amide bonds. The first kappa shape index (κ1) is 18.9. The third-order valence-corrected chi connectivity index (χ3v) is 6.35. The number of para-hydroxylation sites is 1. The Labute approximate surface area is 169 Å². The summed E-state index contributed by atoms with van der Waals surface area (Å²) in [5.74, 6) is 1.50. The Morgan fingerprint density at radius 1 is 1.14 bits per heavy atom. The smallest absolute Gasteiger partial charge is 0.268 e. The Morgan fingerprint density at radius 3 is 2.79 bits per heavy atom. The van der Waals surface area contributed by atoms with Crippen LogP contribution in [0.4, 0.5) is 0 Å². The van der Waals surface area contributed by atoms with Crippen LogP contribution in [0.5, 0.6) is 0 Å². The molecule has 0 unspecified atom stereocenters. The van der Waals surface area contributed by atoms with Crippen molar-refractivity contribution in [1.29, 1.82) is 0 Å². The summed E-state index contributed by atoms with van der Waals surface area (Å²) in [4.78, 5) is 37.3. The highest BCUT2D eigenvalue weighted by Crippen LogP contribution is 2.22. The first-order valence-electron chi connectivity index (χ1n) is 9.11. The Bertz CT molecular complexity index is 1260. The first-order chi connectivity index (χ1) is 13.5. The van der Waals surface area contributed by atoms with Crippen LogP contribution in [0, 0.1) is 5.92 Å². The molecule has 0 aliphatic heterocycles. The minimum Gasteiger partial charge on any atom is -0.309 e. The molecule has 0 bridgehead atoms. The van der Waals surface area contributed by atoms with Gasteiger partial charge in [0.2, 0.25) is 0 Å². The molecule has 0 aliphatic carbocycles. The average Bonchev–Trinajstić information content (AvgIpc) is 3.15. The van der Waals surface area contributed by atoms with E-state index < -0.39 is 0 Å². The minimum atomic E-state index is -0.126. The summed E-state index contributed by atoms with van der Waals surface area (Å²) in [7, 11) is 0. The molecule has 3 heterocycles. The van der Waals surface area contributed by atoms with Crippen molar-refractivity contribution in [1.82, 2.24) is 19.5 Å². The number of nitrogens with zero attached hydrogens (tertiary/aromatic N) is 3. The van der Waals surface area contributed by atoms with Crippen LogP contribution in [-0.2, 0) is 12.3 Å². The summed E-state index contributed by atoms with van der Waals surface area (Å²) in [6, 6.07) is 9.25. The van der Waals surface area contributed by atoms with E-state index in [0.29, 0.717) is 50.3 Å². The van der Waals surface area contributed by atoms with Gasteiger partial charge in [0.25, 0.3) is 11.1 Å². The molecule has 0 fully saturated rings. The van der Waals surface area contributed by atoms with Crippen molar-refractivity contribution in [2.75, 3.05) is 0 Å². The molecule has 8 heteroatoms. The van der Waals surface area contributed by atoms with Gasteiger partial charge in [-0.05, 0) is 35.9 Å². The Hall–Kier alpha value is -2.45. The monoisotopic (exact) mass is 412 g/mol. The second-order valence-corrected chi connectivity index (χ2v) is 8.85. The van der Waals surface area contributed by atoms with Crippen LogP contribution in [0.3, 0.4) is 0 Å². The summed E-state index contributed by atoms with van der Waals surface area (Å²) in [6.07, 6.45) is 0.892. The van der Waals surface area contributed by atoms with E-state index in [2.05, 4.69) is 23.8 Å². The lowest BCUT2D eigenvalue weighted by Crippen LogP contribution is -2.24. The van der Waals surface area contributed by atoms with Gasteiger partial charge in [-0.2, -0.15) is 0 Å². The Kier molecular flexibility index (Phi) is 5.32. The standard InChI is InChI=1S/C20H20N4O2S2/c1-12(2)7-9-24-19(26)13-5-3-4-6-14(13)22-20(24)28-11-16-21-15-8-10-27-17(15)18(25)23-16/h3-6,8,10,12H,7,9,11H2,1-2H3,(H,21,23,25). The van der Waals surface area contributed by atoms with Crippen molar-refractivity contribution < 1.29 is 0 Å². The number of thiophene rings is 1. The van der Waals surface area contributed by atoms with Crippen LogP contribution in [-0.4, -0.2) is 19.5 Å². The average molecular weight is 413 g/mol. The summed E-state index contributed by atoms with van der Waals surface area (Å²) >= 11 is 2.80. The van der Waals surface area contributed by atoms with E-state index in [-0.39, 0.29) is 11.1 Å². The number of benzene rings is 1. The predicted molar refractivity (Wildman–Crippen MR) is 115 cm³/mol. The summed E-state index contributed by atoms with van der Waals surface area (Å²) in [5, 5.41) is 3.14. The van der Waals surface area contributed by atoms with Crippen molar-refractivity contribution in [3.63, 3.8) is 0 Å². The molecule has 28 heavy (non-hydrogen) atoms. The quantitative estimate of drug-likeness (QED) is 0.382. The summed E-state index contributed by atoms with van der Waals surface area (Å²) in [6.45, 7) is 4.89. The summed E-state index contributed by atoms with van der Waals surface area (Å²) < 4.78 is 2.38. The molecular formula is C20H20N4O2S2. The van der Waals surface area contributed by atoms with Gasteiger partial charge in [-0.15, -0.1) is 11.3 Å². The highest BCUT2D eigenvalue weighted by atomic mass is 32.2. The van der Waals surface area contributed by atoms with Gasteiger partial charge in [0.1, 0.15) is 10.5 Å². The van der Waals surface area contributed by atoms with Gasteiger partial charge in [-0.3, -0.25) is 14.2 Å². The lowest BCUT2D eigenvalue weighted by molar-refractivity contribution is 0.481. The SMILES string of the molecule is CC(C)CCn1c(SCc2nc3ccsc3c(=O)[nH]2)nc2ccccc2c1=O. The molecule has 0 saturated heterocycles. The molecule has 4 aromatic rings. The van der Waals surface area contributed by atoms with Gasteiger partial charge in [-0.1, -0.05) is 37.7 Å². The maximum atomic E-state index is 13.0. The third-order valence-electron chi connectivity index (χ3n) is 4.46. The van der Waals surface area contributed by atoms with E-state index >= 15 is 0 Å². The Morgan fingerprint density at radius 2 is 1.96 bits per heavy atom. The number of nitrogens with one attached hydrogen (secondary N) is 1. The number of hydrogen-bond acceptors (Lipinski definition) is 6. The van der Waals surface area contributed by atoms with Crippen molar-refractivity contribution in [2.45, 2.75) is 37.7 Å². The highest BCUT2D eigenvalue weighted by molar-refractivity contribution is 7.98. The lowest BCUT2D eigenvalue weighted by atomic mass is 10.1. The second kappa shape index (κ2) is 7.89. The fraction of sp³-hybridized carbons (Fsp3) is 0.300. The van der Waals surface area contributed by atoms with Crippen molar-refractivity contribution >= 4 is 44.2 Å². The fourth-order valence-electron chi connectivity index (χ4n) is 2.97. The van der Waals surface area contributed by atoms with E-state index in [0.717, 1.165) is 6.42 Å². The van der Waals surface area contributed by atoms with Crippen LogP contribution >= 0.6 is 23.1 Å². The van der Waals surface area contributed by atoms with Crippen LogP contribution < -0.4 is 11.1 Å². The van der Waals surface area contributed by atoms with Gasteiger partial charge < -0.3 is 4.98 Å². The number of rotatable bonds is 6. The van der Waals surface area contributed by atoms with E-state index in [1.54, 1.807) is 4.57 Å². The zero-order valence-corrected chi connectivity index (χ0v) is 17.3. The van der Waals surface area contributed by atoms with Gasteiger partial charge in [0.15, 0.2) is 5.16 Å². The molecule has 0 aliphatic rings. The topological polar surface area (TPSA) is 80.6 Å². The maximum absolute atomic E-state index is 13.0. The number of H-pyrrole nitrogens is 1. The molecule has 4 rings (SSSR count). The largest absolute Gasteiger partial charge is 0.309 e. The van der Waals surface area contributed by atoms with Crippen LogP contribution in [0.1, 0.15) is 26.1 Å². The van der Waals surface area contributed by atoms with Crippen LogP contribution in [0.15, 0.2) is 50.5 Å². The van der Waals surface area contributed by atoms with Crippen LogP contribution in [0.2, 0.25) is 0 Å². The molecule has 144 valence electrons. The lowest BCUT2D eigenvalue weighted by Gasteiger charge is -2.14. The van der Waals surface area contributed by atoms with Gasteiger partial charge in [-0.25, -0.2) is 9.97 Å². The van der Waals surface area contributed by atoms with Gasteiger partial charge >= 0.3 is 0 Å². The third kappa shape index (κ3) is 3.74. The molecule has 3 aromatic heterocycles. The Balaban J connectivity index is 1.70. The molecule has 0 spiro atoms. The fourth-order valence-corrected chi connectivity index (χ4v) is 4.59. The molecule has 6 nitrogen and oxygen atoms in total. The molecular weight excluding hydrogens is 392 g/mol. The molecule has 1 N–H and O–H groups in total. The van der Waals surface area contributed by atoms with Crippen LogP contribution in [0.25, 0.3) is 21.1 Å². The normalized spacial score (nSPS) is 11.7. The number of thioether (sulfide) groups is 1. The van der Waals surface area contributed by atoms with Crippen molar-refractivity contribution in [2.24, 2.45) is 5.92 Å². The molecule has 1 aromatic carbocycles. The zero-order chi connectivity index (χ0) is 19.7. The predicted octanol–water partition coefficient (Wildman–Crippen LogP) is 4.03. The molecule has 0 radical (unpaired) electrons. The van der Waals surface area contributed by atoms with Gasteiger partial charge in [0.05, 0.1) is 22.2 Å². The first-order valence-corrected chi connectivity index (χ1v) is 11.0. The van der Waals surface area contributed by atoms with E-state index in [9.17, 15) is 9.59 Å². The zero-order valence-electron chi connectivity index (χ0n) is 15.6. The van der Waals surface area contributed by atoms with Crippen molar-refractivity contribution in [3.8, 4) is 0 Å². The molecule has 0 saturated carbocycles. The number of fused-ring (bicyclic) bond motifs is 2. The van der Waals surface area contributed by atoms with Gasteiger partial charge in [0, 0.05) is 6.54 Å². The van der Waals surface area contributed by atoms with E-state index in [1.807, 2.05) is 35.7 Å². The van der Waals surface area contributed by atoms with E-state index in [1.165, 1.54) is 23.1 Å². The highest BCUT2D eigenvalue weighted by Gasteiger charge is 2.13. The number of hydrogen-bond donors (Lipinski definition) is 1.